The average Bonchev–Trinajstić information content (AvgIpc) is 2.60. The Morgan fingerprint density at radius 3 is 1.25 bits per heavy atom. The van der Waals surface area contributed by atoms with E-state index in [2.05, 4.69) is 68.4 Å². The van der Waals surface area contributed by atoms with Crippen LogP contribution in [0.25, 0.3) is 0 Å². The van der Waals surface area contributed by atoms with Gasteiger partial charge in [0.25, 0.3) is 0 Å². The van der Waals surface area contributed by atoms with Crippen LogP contribution in [0.4, 0.5) is 0 Å². The second-order valence-electron chi connectivity index (χ2n) is 10.3. The Morgan fingerprint density at radius 2 is 1.04 bits per heavy atom. The Labute approximate surface area is 184 Å². The second-order valence-corrected chi connectivity index (χ2v) is 30.7. The molecule has 0 saturated carbocycles. The van der Waals surface area contributed by atoms with E-state index in [1.54, 1.807) is 0 Å². The van der Waals surface area contributed by atoms with Gasteiger partial charge in [0.15, 0.2) is 0 Å². The Balaban J connectivity index is 6.85. The van der Waals surface area contributed by atoms with Gasteiger partial charge in [0, 0.05) is 0 Å². The first-order chi connectivity index (χ1) is 13.1. The summed E-state index contributed by atoms with van der Waals surface area (Å²) in [6.07, 6.45) is 10.3. The van der Waals surface area contributed by atoms with Crippen LogP contribution in [0.15, 0.2) is 9.29 Å². The van der Waals surface area contributed by atoms with Gasteiger partial charge in [0.2, 0.25) is 0 Å². The predicted molar refractivity (Wildman–Crippen MR) is 136 cm³/mol. The standard InChI is InChI=1S/C13H27OSi.3C4H9.Sn/c1-10(2)15(11(3)4,12(5)6)9-8-13(7)14;3*1-3-4-2;/h8,10-14H,1-7H3;3*1,3-4H2,2H3;. The van der Waals surface area contributed by atoms with Crippen LogP contribution < -0.4 is 0 Å². The first-order valence-electron chi connectivity index (χ1n) is 12.5. The van der Waals surface area contributed by atoms with Crippen molar-refractivity contribution in [3.05, 3.63) is 9.29 Å². The SMILES string of the molecule is CCC[CH2][Sn]([CH2]CCC)([CH2]CCC)[C](=CC(C)O)[Si](C(C)C)(C(C)C)C(C)C. The second kappa shape index (κ2) is 13.9. The molecule has 1 N–H and O–H groups in total. The first kappa shape index (κ1) is 28.7. The summed E-state index contributed by atoms with van der Waals surface area (Å²) in [7, 11) is -1.71. The van der Waals surface area contributed by atoms with Gasteiger partial charge < -0.3 is 0 Å². The third kappa shape index (κ3) is 7.15. The normalized spacial score (nSPS) is 15.1. The maximum atomic E-state index is 10.7. The van der Waals surface area contributed by atoms with Crippen LogP contribution in [0.2, 0.25) is 29.9 Å². The van der Waals surface area contributed by atoms with Crippen molar-refractivity contribution in [1.29, 1.82) is 0 Å². The number of hydrogen-bond acceptors (Lipinski definition) is 1. The van der Waals surface area contributed by atoms with Gasteiger partial charge in [0.05, 0.1) is 0 Å². The Hall–Kier alpha value is 0.716. The molecule has 1 nitrogen and oxygen atoms in total. The number of unbranched alkanes of at least 4 members (excludes halogenated alkanes) is 3. The molecule has 0 bridgehead atoms. The molecule has 168 valence electrons. The van der Waals surface area contributed by atoms with E-state index >= 15 is 0 Å². The number of hydrogen-bond donors (Lipinski definition) is 1. The van der Waals surface area contributed by atoms with Crippen molar-refractivity contribution in [2.24, 2.45) is 0 Å². The van der Waals surface area contributed by atoms with E-state index < -0.39 is 26.5 Å². The molecular weight excluding hydrogens is 463 g/mol. The molecule has 0 aromatic carbocycles. The molecule has 3 heteroatoms. The van der Waals surface area contributed by atoms with Gasteiger partial charge in [-0.15, -0.1) is 0 Å². The molecule has 1 atom stereocenters. The summed E-state index contributed by atoms with van der Waals surface area (Å²) < 4.78 is 6.51. The maximum absolute atomic E-state index is 10.7. The molecule has 0 aromatic heterocycles. The summed E-state index contributed by atoms with van der Waals surface area (Å²) in [6, 6.07) is 0. The van der Waals surface area contributed by atoms with Gasteiger partial charge in [-0.25, -0.2) is 0 Å². The van der Waals surface area contributed by atoms with Crippen molar-refractivity contribution in [1.82, 2.24) is 0 Å². The zero-order valence-corrected chi connectivity index (χ0v) is 25.1. The molecule has 0 amide bonds. The quantitative estimate of drug-likeness (QED) is 0.215. The summed E-state index contributed by atoms with van der Waals surface area (Å²) in [4.78, 5) is 0. The molecule has 0 saturated heterocycles. The Kier molecular flexibility index (Phi) is 14.3. The van der Waals surface area contributed by atoms with Gasteiger partial charge in [-0.05, 0) is 0 Å². The van der Waals surface area contributed by atoms with Crippen LogP contribution in [0.1, 0.15) is 108 Å². The molecule has 1 unspecified atom stereocenters. The molecule has 0 rings (SSSR count). The zero-order chi connectivity index (χ0) is 22.0. The monoisotopic (exact) mass is 518 g/mol. The van der Waals surface area contributed by atoms with Crippen molar-refractivity contribution >= 4 is 26.5 Å². The third-order valence-electron chi connectivity index (χ3n) is 7.34. The van der Waals surface area contributed by atoms with Crippen LogP contribution in [-0.2, 0) is 0 Å². The Bertz CT molecular complexity index is 396. The van der Waals surface area contributed by atoms with Crippen LogP contribution in [-0.4, -0.2) is 37.7 Å². The molecule has 0 aliphatic rings. The summed E-state index contributed by atoms with van der Waals surface area (Å²) in [5.41, 5.74) is 2.25. The van der Waals surface area contributed by atoms with E-state index in [1.807, 2.05) is 10.1 Å². The van der Waals surface area contributed by atoms with Crippen molar-refractivity contribution in [2.75, 3.05) is 0 Å². The van der Waals surface area contributed by atoms with E-state index in [1.165, 1.54) is 51.8 Å². The molecule has 0 aliphatic carbocycles. The molecule has 0 radical (unpaired) electrons. The van der Waals surface area contributed by atoms with E-state index in [0.29, 0.717) is 0 Å². The summed E-state index contributed by atoms with van der Waals surface area (Å²) >= 11 is -2.59. The fraction of sp³-hybridized carbons (Fsp3) is 0.920. The van der Waals surface area contributed by atoms with Gasteiger partial charge >= 0.3 is 185 Å². The van der Waals surface area contributed by atoms with E-state index in [-0.39, 0.29) is 6.10 Å². The topological polar surface area (TPSA) is 20.2 Å². The predicted octanol–water partition coefficient (Wildman–Crippen LogP) is 8.90. The van der Waals surface area contributed by atoms with Gasteiger partial charge in [0.1, 0.15) is 0 Å². The fourth-order valence-corrected chi connectivity index (χ4v) is 46.4. The van der Waals surface area contributed by atoms with Crippen LogP contribution in [0.3, 0.4) is 0 Å². The van der Waals surface area contributed by atoms with Crippen molar-refractivity contribution in [2.45, 2.75) is 144 Å². The molecule has 0 aliphatic heterocycles. The van der Waals surface area contributed by atoms with Gasteiger partial charge in [-0.1, -0.05) is 0 Å². The minimum atomic E-state index is -2.59. The van der Waals surface area contributed by atoms with Gasteiger partial charge in [-0.3, -0.25) is 0 Å². The average molecular weight is 518 g/mol. The molecule has 0 heterocycles. The van der Waals surface area contributed by atoms with E-state index in [9.17, 15) is 5.11 Å². The summed E-state index contributed by atoms with van der Waals surface area (Å²) in [5.74, 6) is 0. The van der Waals surface area contributed by atoms with Crippen LogP contribution >= 0.6 is 0 Å². The molecule has 0 aromatic rings. The molecule has 28 heavy (non-hydrogen) atoms. The van der Waals surface area contributed by atoms with Gasteiger partial charge in [-0.2, -0.15) is 0 Å². The Morgan fingerprint density at radius 1 is 0.714 bits per heavy atom. The molecular formula is C25H54OSiSn. The fourth-order valence-electron chi connectivity index (χ4n) is 6.28. The summed E-state index contributed by atoms with van der Waals surface area (Å²) in [6.45, 7) is 24.2. The van der Waals surface area contributed by atoms with Crippen molar-refractivity contribution < 1.29 is 5.11 Å². The van der Waals surface area contributed by atoms with Crippen LogP contribution in [0, 0.1) is 0 Å². The molecule has 0 fully saturated rings. The van der Waals surface area contributed by atoms with Crippen molar-refractivity contribution in [3.63, 3.8) is 0 Å². The summed E-state index contributed by atoms with van der Waals surface area (Å²) in [5, 5.41) is 10.7. The number of aliphatic hydroxyl groups excluding tert-OH is 1. The third-order valence-corrected chi connectivity index (χ3v) is 36.4. The number of rotatable bonds is 15. The molecule has 0 spiro atoms. The minimum absolute atomic E-state index is 0.293. The first-order valence-corrected chi connectivity index (χ1v) is 22.2. The van der Waals surface area contributed by atoms with Crippen LogP contribution in [0.5, 0.6) is 0 Å². The van der Waals surface area contributed by atoms with E-state index in [0.717, 1.165) is 16.6 Å². The van der Waals surface area contributed by atoms with Crippen molar-refractivity contribution in [3.8, 4) is 0 Å². The zero-order valence-electron chi connectivity index (χ0n) is 21.2. The van der Waals surface area contributed by atoms with E-state index in [4.69, 9.17) is 0 Å². The number of aliphatic hydroxyl groups is 1.